The van der Waals surface area contributed by atoms with Crippen molar-refractivity contribution in [3.05, 3.63) is 33.9 Å². The number of alkyl halides is 3. The first-order valence-electron chi connectivity index (χ1n) is 6.38. The molecule has 7 heteroatoms. The summed E-state index contributed by atoms with van der Waals surface area (Å²) in [5, 5.41) is 13.8. The SMILES string of the molecule is CCCCC(C)Nc1ccc(C(F)(F)F)cc1[N+](=O)[O-]. The summed E-state index contributed by atoms with van der Waals surface area (Å²) in [6, 6.07) is 2.49. The Kier molecular flexibility index (Phi) is 5.35. The Morgan fingerprint density at radius 3 is 2.55 bits per heavy atom. The highest BCUT2D eigenvalue weighted by molar-refractivity contribution is 5.63. The zero-order valence-corrected chi connectivity index (χ0v) is 11.3. The fraction of sp³-hybridized carbons (Fsp3) is 0.538. The first-order valence-corrected chi connectivity index (χ1v) is 6.38. The number of nitro groups is 1. The number of rotatable bonds is 6. The first kappa shape index (κ1) is 16.3. The van der Waals surface area contributed by atoms with E-state index in [9.17, 15) is 23.3 Å². The summed E-state index contributed by atoms with van der Waals surface area (Å²) in [4.78, 5) is 10.1. The van der Waals surface area contributed by atoms with Gasteiger partial charge in [0.05, 0.1) is 10.5 Å². The number of nitrogens with zero attached hydrogens (tertiary/aromatic N) is 1. The largest absolute Gasteiger partial charge is 0.416 e. The summed E-state index contributed by atoms with van der Waals surface area (Å²) < 4.78 is 37.6. The summed E-state index contributed by atoms with van der Waals surface area (Å²) >= 11 is 0. The summed E-state index contributed by atoms with van der Waals surface area (Å²) in [5.41, 5.74) is -1.45. The molecule has 0 aliphatic carbocycles. The van der Waals surface area contributed by atoms with E-state index in [-0.39, 0.29) is 11.7 Å². The molecule has 1 unspecified atom stereocenters. The molecule has 0 bridgehead atoms. The van der Waals surface area contributed by atoms with Crippen molar-refractivity contribution in [1.29, 1.82) is 0 Å². The van der Waals surface area contributed by atoms with E-state index in [1.54, 1.807) is 0 Å². The van der Waals surface area contributed by atoms with Gasteiger partial charge >= 0.3 is 6.18 Å². The van der Waals surface area contributed by atoms with Gasteiger partial charge in [0, 0.05) is 12.1 Å². The molecule has 4 nitrogen and oxygen atoms in total. The second-order valence-electron chi connectivity index (χ2n) is 4.67. The third kappa shape index (κ3) is 4.40. The van der Waals surface area contributed by atoms with E-state index in [4.69, 9.17) is 0 Å². The number of nitrogens with one attached hydrogen (secondary N) is 1. The number of halogens is 3. The van der Waals surface area contributed by atoms with Crippen molar-refractivity contribution >= 4 is 11.4 Å². The van der Waals surface area contributed by atoms with Gasteiger partial charge in [-0.05, 0) is 25.5 Å². The van der Waals surface area contributed by atoms with Crippen LogP contribution in [0, 0.1) is 10.1 Å². The van der Waals surface area contributed by atoms with Crippen LogP contribution in [0.5, 0.6) is 0 Å². The molecule has 0 heterocycles. The minimum absolute atomic E-state index is 0.0367. The summed E-state index contributed by atoms with van der Waals surface area (Å²) in [7, 11) is 0. The van der Waals surface area contributed by atoms with Crippen molar-refractivity contribution < 1.29 is 18.1 Å². The molecule has 20 heavy (non-hydrogen) atoms. The van der Waals surface area contributed by atoms with Gasteiger partial charge in [-0.25, -0.2) is 0 Å². The third-order valence-electron chi connectivity index (χ3n) is 2.91. The number of hydrogen-bond donors (Lipinski definition) is 1. The quantitative estimate of drug-likeness (QED) is 0.615. The number of unbranched alkanes of at least 4 members (excludes halogenated alkanes) is 1. The molecule has 0 aliphatic rings. The molecule has 0 aromatic heterocycles. The Bertz CT molecular complexity index is 475. The lowest BCUT2D eigenvalue weighted by Crippen LogP contribution is -2.16. The fourth-order valence-corrected chi connectivity index (χ4v) is 1.83. The molecule has 0 saturated heterocycles. The van der Waals surface area contributed by atoms with E-state index in [0.717, 1.165) is 31.4 Å². The maximum atomic E-state index is 12.5. The van der Waals surface area contributed by atoms with Crippen LogP contribution in [-0.2, 0) is 6.18 Å². The highest BCUT2D eigenvalue weighted by Gasteiger charge is 2.33. The van der Waals surface area contributed by atoms with Crippen molar-refractivity contribution in [1.82, 2.24) is 0 Å². The second-order valence-corrected chi connectivity index (χ2v) is 4.67. The molecule has 0 spiro atoms. The standard InChI is InChI=1S/C13H17F3N2O2/c1-3-4-5-9(2)17-11-7-6-10(13(14,15)16)8-12(11)18(19)20/h6-9,17H,3-5H2,1-2H3. The molecule has 1 atom stereocenters. The molecule has 0 fully saturated rings. The zero-order valence-electron chi connectivity index (χ0n) is 11.3. The zero-order chi connectivity index (χ0) is 15.3. The minimum Gasteiger partial charge on any atom is -0.377 e. The first-order chi connectivity index (χ1) is 9.25. The van der Waals surface area contributed by atoms with E-state index < -0.39 is 22.4 Å². The van der Waals surface area contributed by atoms with Crippen molar-refractivity contribution in [2.45, 2.75) is 45.3 Å². The van der Waals surface area contributed by atoms with E-state index in [1.165, 1.54) is 0 Å². The maximum absolute atomic E-state index is 12.5. The van der Waals surface area contributed by atoms with E-state index in [1.807, 2.05) is 13.8 Å². The van der Waals surface area contributed by atoms with Crippen LogP contribution in [-0.4, -0.2) is 11.0 Å². The lowest BCUT2D eigenvalue weighted by atomic mass is 10.1. The highest BCUT2D eigenvalue weighted by atomic mass is 19.4. The van der Waals surface area contributed by atoms with Gasteiger partial charge in [-0.3, -0.25) is 10.1 Å². The van der Waals surface area contributed by atoms with Crippen LogP contribution in [0.4, 0.5) is 24.5 Å². The van der Waals surface area contributed by atoms with Crippen LogP contribution in [0.2, 0.25) is 0 Å². The average molecular weight is 290 g/mol. The van der Waals surface area contributed by atoms with Crippen molar-refractivity contribution in [3.63, 3.8) is 0 Å². The second kappa shape index (κ2) is 6.58. The molecular formula is C13H17F3N2O2. The molecule has 1 rings (SSSR count). The van der Waals surface area contributed by atoms with Gasteiger partial charge in [-0.15, -0.1) is 0 Å². The van der Waals surface area contributed by atoms with Gasteiger partial charge in [0.1, 0.15) is 5.69 Å². The fourth-order valence-electron chi connectivity index (χ4n) is 1.83. The van der Waals surface area contributed by atoms with E-state index in [2.05, 4.69) is 5.32 Å². The summed E-state index contributed by atoms with van der Waals surface area (Å²) in [5.74, 6) is 0. The van der Waals surface area contributed by atoms with Gasteiger partial charge in [-0.1, -0.05) is 19.8 Å². The number of benzene rings is 1. The van der Waals surface area contributed by atoms with E-state index >= 15 is 0 Å². The van der Waals surface area contributed by atoms with Gasteiger partial charge in [0.15, 0.2) is 0 Å². The molecule has 1 aromatic rings. The highest BCUT2D eigenvalue weighted by Crippen LogP contribution is 2.35. The van der Waals surface area contributed by atoms with Crippen LogP contribution in [0.3, 0.4) is 0 Å². The smallest absolute Gasteiger partial charge is 0.377 e. The van der Waals surface area contributed by atoms with Gasteiger partial charge in [0.25, 0.3) is 5.69 Å². The number of hydrogen-bond acceptors (Lipinski definition) is 3. The minimum atomic E-state index is -4.59. The Morgan fingerprint density at radius 2 is 2.05 bits per heavy atom. The van der Waals surface area contributed by atoms with Crippen LogP contribution in [0.15, 0.2) is 18.2 Å². The van der Waals surface area contributed by atoms with E-state index in [0.29, 0.717) is 6.07 Å². The summed E-state index contributed by atoms with van der Waals surface area (Å²) in [6.07, 6.45) is -1.85. The Balaban J connectivity index is 2.99. The topological polar surface area (TPSA) is 55.2 Å². The van der Waals surface area contributed by atoms with Crippen LogP contribution >= 0.6 is 0 Å². The van der Waals surface area contributed by atoms with Crippen LogP contribution in [0.1, 0.15) is 38.7 Å². The van der Waals surface area contributed by atoms with Gasteiger partial charge in [-0.2, -0.15) is 13.2 Å². The number of nitro benzene ring substituents is 1. The van der Waals surface area contributed by atoms with Crippen LogP contribution < -0.4 is 5.32 Å². The monoisotopic (exact) mass is 290 g/mol. The Labute approximate surface area is 115 Å². The maximum Gasteiger partial charge on any atom is 0.416 e. The molecule has 0 saturated carbocycles. The van der Waals surface area contributed by atoms with Crippen molar-refractivity contribution in [3.8, 4) is 0 Å². The average Bonchev–Trinajstić information content (AvgIpc) is 2.35. The lowest BCUT2D eigenvalue weighted by Gasteiger charge is -2.15. The van der Waals surface area contributed by atoms with Gasteiger partial charge < -0.3 is 5.32 Å². The normalized spacial score (nSPS) is 13.1. The molecule has 0 aliphatic heterocycles. The predicted octanol–water partition coefficient (Wildman–Crippen LogP) is 4.60. The van der Waals surface area contributed by atoms with Crippen molar-refractivity contribution in [2.24, 2.45) is 0 Å². The van der Waals surface area contributed by atoms with Crippen LogP contribution in [0.25, 0.3) is 0 Å². The molecular weight excluding hydrogens is 273 g/mol. The van der Waals surface area contributed by atoms with Gasteiger partial charge in [0.2, 0.25) is 0 Å². The lowest BCUT2D eigenvalue weighted by molar-refractivity contribution is -0.384. The Morgan fingerprint density at radius 1 is 1.40 bits per heavy atom. The molecule has 1 N–H and O–H groups in total. The number of anilines is 1. The summed E-state index contributed by atoms with van der Waals surface area (Å²) in [6.45, 7) is 3.87. The molecule has 1 aromatic carbocycles. The third-order valence-corrected chi connectivity index (χ3v) is 2.91. The molecule has 112 valence electrons. The molecule has 0 radical (unpaired) electrons. The van der Waals surface area contributed by atoms with Crippen molar-refractivity contribution in [2.75, 3.05) is 5.32 Å². The molecule has 0 amide bonds. The Hall–Kier alpha value is -1.79. The predicted molar refractivity (Wildman–Crippen MR) is 70.7 cm³/mol.